The molecular formula is C6H3O4-. The molecule has 0 spiro atoms. The number of aliphatic carboxylic acids is 1. The molecule has 0 aromatic rings. The van der Waals surface area contributed by atoms with Crippen molar-refractivity contribution in [3.8, 4) is 0 Å². The van der Waals surface area contributed by atoms with Crippen LogP contribution in [-0.4, -0.2) is 11.9 Å². The van der Waals surface area contributed by atoms with Gasteiger partial charge in [0.15, 0.2) is 0 Å². The molecule has 10 heavy (non-hydrogen) atoms. The van der Waals surface area contributed by atoms with Gasteiger partial charge in [-0.3, -0.25) is 0 Å². The first-order valence-electron chi connectivity index (χ1n) is 2.44. The molecule has 0 unspecified atom stereocenters. The van der Waals surface area contributed by atoms with Crippen LogP contribution < -0.4 is 5.11 Å². The van der Waals surface area contributed by atoms with Crippen LogP contribution >= 0.6 is 0 Å². The Morgan fingerprint density at radius 1 is 1.70 bits per heavy atom. The van der Waals surface area contributed by atoms with Crippen molar-refractivity contribution in [3.63, 3.8) is 0 Å². The van der Waals surface area contributed by atoms with Crippen molar-refractivity contribution >= 4 is 11.9 Å². The number of esters is 1. The zero-order chi connectivity index (χ0) is 7.72. The predicted octanol–water partition coefficient (Wildman–Crippen LogP) is -1.27. The van der Waals surface area contributed by atoms with Crippen LogP contribution in [0.15, 0.2) is 24.0 Å². The third-order valence-corrected chi connectivity index (χ3v) is 1.08. The van der Waals surface area contributed by atoms with Gasteiger partial charge in [-0.1, -0.05) is 6.58 Å². The first-order valence-corrected chi connectivity index (χ1v) is 2.44. The summed E-state index contributed by atoms with van der Waals surface area (Å²) in [5.74, 6) is -2.19. The summed E-state index contributed by atoms with van der Waals surface area (Å²) >= 11 is 0. The Labute approximate surface area is 56.4 Å². The van der Waals surface area contributed by atoms with Gasteiger partial charge >= 0.3 is 5.97 Å². The molecule has 0 saturated carbocycles. The average molecular weight is 139 g/mol. The van der Waals surface area contributed by atoms with E-state index >= 15 is 0 Å². The monoisotopic (exact) mass is 139 g/mol. The molecule has 0 fully saturated rings. The predicted molar refractivity (Wildman–Crippen MR) is 28.3 cm³/mol. The average Bonchev–Trinajstić information content (AvgIpc) is 2.14. The van der Waals surface area contributed by atoms with E-state index in [0.29, 0.717) is 0 Å². The van der Waals surface area contributed by atoms with E-state index < -0.39 is 11.9 Å². The van der Waals surface area contributed by atoms with Gasteiger partial charge < -0.3 is 14.6 Å². The molecule has 0 N–H and O–H groups in total. The van der Waals surface area contributed by atoms with Crippen molar-refractivity contribution in [2.24, 2.45) is 0 Å². The third-order valence-electron chi connectivity index (χ3n) is 1.08. The van der Waals surface area contributed by atoms with Crippen LogP contribution in [-0.2, 0) is 14.3 Å². The lowest BCUT2D eigenvalue weighted by Crippen LogP contribution is -2.24. The van der Waals surface area contributed by atoms with Gasteiger partial charge in [-0.05, 0) is 0 Å². The van der Waals surface area contributed by atoms with Crippen LogP contribution in [0.4, 0.5) is 0 Å². The van der Waals surface area contributed by atoms with Gasteiger partial charge in [0.2, 0.25) is 0 Å². The molecule has 52 valence electrons. The molecule has 0 bridgehead atoms. The van der Waals surface area contributed by atoms with E-state index in [4.69, 9.17) is 0 Å². The van der Waals surface area contributed by atoms with Crippen molar-refractivity contribution < 1.29 is 19.4 Å². The van der Waals surface area contributed by atoms with Gasteiger partial charge in [0.05, 0.1) is 11.5 Å². The highest BCUT2D eigenvalue weighted by atomic mass is 16.5. The quantitative estimate of drug-likeness (QED) is 0.335. The maximum absolute atomic E-state index is 10.4. The molecule has 0 atom stereocenters. The summed E-state index contributed by atoms with van der Waals surface area (Å²) in [5, 5.41) is 10.1. The molecule has 4 heteroatoms. The highest BCUT2D eigenvalue weighted by Gasteiger charge is 2.20. The molecule has 4 nitrogen and oxygen atoms in total. The fourth-order valence-electron chi connectivity index (χ4n) is 0.536. The van der Waals surface area contributed by atoms with Crippen LogP contribution in [0.2, 0.25) is 0 Å². The lowest BCUT2D eigenvalue weighted by molar-refractivity contribution is -0.298. The van der Waals surface area contributed by atoms with Gasteiger partial charge in [0.25, 0.3) is 0 Å². The van der Waals surface area contributed by atoms with Crippen LogP contribution in [0.3, 0.4) is 0 Å². The highest BCUT2D eigenvalue weighted by Crippen LogP contribution is 2.15. The summed E-state index contributed by atoms with van der Waals surface area (Å²) in [5.41, 5.74) is -0.454. The van der Waals surface area contributed by atoms with Gasteiger partial charge in [0, 0.05) is 5.57 Å². The minimum atomic E-state index is -1.45. The lowest BCUT2D eigenvalue weighted by Gasteiger charge is -1.97. The highest BCUT2D eigenvalue weighted by molar-refractivity contribution is 6.07. The van der Waals surface area contributed by atoms with E-state index in [2.05, 4.69) is 11.3 Å². The Kier molecular flexibility index (Phi) is 1.30. The van der Waals surface area contributed by atoms with Crippen molar-refractivity contribution in [1.29, 1.82) is 0 Å². The normalized spacial score (nSPS) is 16.6. The molecule has 1 heterocycles. The molecule has 0 aromatic heterocycles. The number of rotatable bonds is 1. The van der Waals surface area contributed by atoms with E-state index in [9.17, 15) is 14.7 Å². The zero-order valence-electron chi connectivity index (χ0n) is 4.92. The second kappa shape index (κ2) is 1.98. The van der Waals surface area contributed by atoms with Gasteiger partial charge in [0.1, 0.15) is 6.26 Å². The number of hydrogen-bond donors (Lipinski definition) is 0. The maximum Gasteiger partial charge on any atom is 0.343 e. The SMILES string of the molecule is C=C1C(=O)OC=C1C(=O)[O-]. The largest absolute Gasteiger partial charge is 0.545 e. The van der Waals surface area contributed by atoms with Crippen molar-refractivity contribution in [1.82, 2.24) is 0 Å². The minimum absolute atomic E-state index is 0.167. The van der Waals surface area contributed by atoms with Crippen LogP contribution in [0, 0.1) is 0 Å². The summed E-state index contributed by atoms with van der Waals surface area (Å²) in [4.78, 5) is 20.5. The first kappa shape index (κ1) is 6.54. The summed E-state index contributed by atoms with van der Waals surface area (Å²) in [6.45, 7) is 3.17. The standard InChI is InChI=1S/C6H4O4/c1-3-4(5(7)8)2-10-6(3)9/h2H,1H2,(H,7,8)/p-1. The van der Waals surface area contributed by atoms with Crippen molar-refractivity contribution in [3.05, 3.63) is 24.0 Å². The molecule has 1 aliphatic heterocycles. The van der Waals surface area contributed by atoms with E-state index in [1.165, 1.54) is 0 Å². The van der Waals surface area contributed by atoms with Crippen molar-refractivity contribution in [2.45, 2.75) is 0 Å². The van der Waals surface area contributed by atoms with E-state index in [-0.39, 0.29) is 11.1 Å². The number of carboxylic acid groups (broad SMARTS) is 1. The molecular weight excluding hydrogens is 136 g/mol. The molecule has 0 aromatic carbocycles. The second-order valence-electron chi connectivity index (χ2n) is 1.70. The Balaban J connectivity index is 2.92. The summed E-state index contributed by atoms with van der Waals surface area (Å²) in [7, 11) is 0. The lowest BCUT2D eigenvalue weighted by atomic mass is 10.1. The number of cyclic esters (lactones) is 1. The van der Waals surface area contributed by atoms with Crippen molar-refractivity contribution in [2.75, 3.05) is 0 Å². The smallest absolute Gasteiger partial charge is 0.343 e. The Bertz CT molecular complexity index is 248. The third kappa shape index (κ3) is 0.793. The van der Waals surface area contributed by atoms with Gasteiger partial charge in [-0.25, -0.2) is 4.79 Å². The number of carbonyl (C=O) groups is 2. The Morgan fingerprint density at radius 2 is 2.30 bits per heavy atom. The fourth-order valence-corrected chi connectivity index (χ4v) is 0.536. The molecule has 0 amide bonds. The minimum Gasteiger partial charge on any atom is -0.545 e. The van der Waals surface area contributed by atoms with Gasteiger partial charge in [-0.15, -0.1) is 0 Å². The Morgan fingerprint density at radius 3 is 2.50 bits per heavy atom. The van der Waals surface area contributed by atoms with Crippen LogP contribution in [0.25, 0.3) is 0 Å². The number of hydrogen-bond acceptors (Lipinski definition) is 4. The zero-order valence-corrected chi connectivity index (χ0v) is 4.92. The molecule has 0 radical (unpaired) electrons. The summed E-state index contributed by atoms with van der Waals surface area (Å²) in [6.07, 6.45) is 0.819. The summed E-state index contributed by atoms with van der Waals surface area (Å²) < 4.78 is 4.22. The first-order chi connectivity index (χ1) is 4.63. The number of carbonyl (C=O) groups excluding carboxylic acids is 2. The molecule has 1 rings (SSSR count). The van der Waals surface area contributed by atoms with Crippen LogP contribution in [0.1, 0.15) is 0 Å². The van der Waals surface area contributed by atoms with Gasteiger partial charge in [-0.2, -0.15) is 0 Å². The Hall–Kier alpha value is -1.58. The maximum atomic E-state index is 10.4. The van der Waals surface area contributed by atoms with E-state index in [1.54, 1.807) is 0 Å². The summed E-state index contributed by atoms with van der Waals surface area (Å²) in [6, 6.07) is 0. The fraction of sp³-hybridized carbons (Fsp3) is 0. The number of ether oxygens (including phenoxy) is 1. The second-order valence-corrected chi connectivity index (χ2v) is 1.70. The molecule has 1 aliphatic rings. The topological polar surface area (TPSA) is 66.4 Å². The number of carboxylic acids is 1. The van der Waals surface area contributed by atoms with E-state index in [0.717, 1.165) is 6.26 Å². The molecule has 0 aliphatic carbocycles. The van der Waals surface area contributed by atoms with E-state index in [1.807, 2.05) is 0 Å². The van der Waals surface area contributed by atoms with Crippen LogP contribution in [0.5, 0.6) is 0 Å². The molecule has 0 saturated heterocycles.